The number of halogens is 2. The smallest absolute Gasteiger partial charge is 0.227 e. The summed E-state index contributed by atoms with van der Waals surface area (Å²) in [4.78, 5) is 13.9. The second kappa shape index (κ2) is 6.79. The van der Waals surface area contributed by atoms with Crippen molar-refractivity contribution >= 4 is 5.91 Å². The highest BCUT2D eigenvalue weighted by Crippen LogP contribution is 2.20. The van der Waals surface area contributed by atoms with Crippen LogP contribution in [0, 0.1) is 17.6 Å². The summed E-state index contributed by atoms with van der Waals surface area (Å²) in [5.41, 5.74) is 0.223. The number of aliphatic hydroxyl groups is 1. The quantitative estimate of drug-likeness (QED) is 0.919. The molecule has 0 radical (unpaired) electrons. The second-order valence-corrected chi connectivity index (χ2v) is 5.27. The van der Waals surface area contributed by atoms with Crippen LogP contribution >= 0.6 is 0 Å². The van der Waals surface area contributed by atoms with Gasteiger partial charge >= 0.3 is 0 Å². The Morgan fingerprint density at radius 3 is 2.90 bits per heavy atom. The van der Waals surface area contributed by atoms with Gasteiger partial charge < -0.3 is 10.0 Å². The summed E-state index contributed by atoms with van der Waals surface area (Å²) in [6.07, 6.45) is 2.56. The van der Waals surface area contributed by atoms with Gasteiger partial charge in [0.05, 0.1) is 6.42 Å². The predicted octanol–water partition coefficient (Wildman–Crippen LogP) is 2.13. The van der Waals surface area contributed by atoms with Gasteiger partial charge in [0.15, 0.2) is 0 Å². The molecule has 1 aromatic rings. The number of hydrogen-bond donors (Lipinski definition) is 1. The largest absolute Gasteiger partial charge is 0.396 e. The number of hydrogen-bond acceptors (Lipinski definition) is 2. The third kappa shape index (κ3) is 3.76. The molecular weight excluding hydrogens is 264 g/mol. The maximum absolute atomic E-state index is 13.5. The van der Waals surface area contributed by atoms with Crippen LogP contribution in [0.5, 0.6) is 0 Å². The van der Waals surface area contributed by atoms with Gasteiger partial charge in [-0.05, 0) is 36.8 Å². The lowest BCUT2D eigenvalue weighted by atomic mass is 9.94. The molecule has 0 spiro atoms. The van der Waals surface area contributed by atoms with E-state index in [2.05, 4.69) is 0 Å². The molecule has 110 valence electrons. The molecule has 0 bridgehead atoms. The Morgan fingerprint density at radius 1 is 1.40 bits per heavy atom. The summed E-state index contributed by atoms with van der Waals surface area (Å²) in [6, 6.07) is 3.28. The summed E-state index contributed by atoms with van der Waals surface area (Å²) < 4.78 is 26.3. The molecule has 1 aliphatic rings. The third-order valence-electron chi connectivity index (χ3n) is 3.77. The molecule has 1 aliphatic heterocycles. The van der Waals surface area contributed by atoms with E-state index < -0.39 is 11.6 Å². The van der Waals surface area contributed by atoms with Crippen LogP contribution in [0.1, 0.15) is 24.8 Å². The minimum atomic E-state index is -0.678. The zero-order valence-electron chi connectivity index (χ0n) is 11.3. The summed E-state index contributed by atoms with van der Waals surface area (Å²) >= 11 is 0. The zero-order chi connectivity index (χ0) is 14.5. The van der Waals surface area contributed by atoms with Crippen LogP contribution in [-0.2, 0) is 11.2 Å². The van der Waals surface area contributed by atoms with E-state index in [0.717, 1.165) is 25.0 Å². The van der Waals surface area contributed by atoms with Gasteiger partial charge in [-0.25, -0.2) is 8.78 Å². The standard InChI is InChI=1S/C15H19F2NO2/c16-13-4-3-12(14(17)9-13)8-15(20)18-6-1-2-11(10-18)5-7-19/h3-4,9,11,19H,1-2,5-8,10H2. The molecule has 1 fully saturated rings. The van der Waals surface area contributed by atoms with Crippen molar-refractivity contribution in [1.82, 2.24) is 4.90 Å². The Balaban J connectivity index is 1.97. The fourth-order valence-corrected chi connectivity index (χ4v) is 2.65. The van der Waals surface area contributed by atoms with Gasteiger partial charge in [-0.3, -0.25) is 4.79 Å². The van der Waals surface area contributed by atoms with Crippen molar-refractivity contribution in [2.24, 2.45) is 5.92 Å². The number of aliphatic hydroxyl groups excluding tert-OH is 1. The fourth-order valence-electron chi connectivity index (χ4n) is 2.65. The molecule has 1 atom stereocenters. The highest BCUT2D eigenvalue weighted by molar-refractivity contribution is 5.78. The van der Waals surface area contributed by atoms with E-state index in [1.54, 1.807) is 4.90 Å². The number of carbonyl (C=O) groups is 1. The van der Waals surface area contributed by atoms with Crippen LogP contribution in [0.25, 0.3) is 0 Å². The van der Waals surface area contributed by atoms with Crippen LogP contribution in [0.2, 0.25) is 0 Å². The molecule has 0 aliphatic carbocycles. The average Bonchev–Trinajstić information content (AvgIpc) is 2.42. The van der Waals surface area contributed by atoms with E-state index in [1.807, 2.05) is 0 Å². The Kier molecular flexibility index (Phi) is 5.06. The third-order valence-corrected chi connectivity index (χ3v) is 3.77. The minimum Gasteiger partial charge on any atom is -0.396 e. The Morgan fingerprint density at radius 2 is 2.20 bits per heavy atom. The first-order valence-corrected chi connectivity index (χ1v) is 6.92. The summed E-state index contributed by atoms with van der Waals surface area (Å²) in [7, 11) is 0. The number of rotatable bonds is 4. The molecule has 1 amide bonds. The summed E-state index contributed by atoms with van der Waals surface area (Å²) in [6.45, 7) is 1.41. The zero-order valence-corrected chi connectivity index (χ0v) is 11.3. The van der Waals surface area contributed by atoms with Crippen LogP contribution in [0.4, 0.5) is 8.78 Å². The second-order valence-electron chi connectivity index (χ2n) is 5.27. The highest BCUT2D eigenvalue weighted by Gasteiger charge is 2.23. The molecule has 20 heavy (non-hydrogen) atoms. The molecule has 1 heterocycles. The Labute approximate surface area is 117 Å². The SMILES string of the molecule is O=C(Cc1ccc(F)cc1F)N1CCCC(CCO)C1. The van der Waals surface area contributed by atoms with Crippen molar-refractivity contribution in [1.29, 1.82) is 0 Å². The minimum absolute atomic E-state index is 0.0437. The van der Waals surface area contributed by atoms with E-state index in [1.165, 1.54) is 6.07 Å². The highest BCUT2D eigenvalue weighted by atomic mass is 19.1. The molecular formula is C15H19F2NO2. The molecule has 1 N–H and O–H groups in total. The number of benzene rings is 1. The molecule has 1 unspecified atom stereocenters. The topological polar surface area (TPSA) is 40.5 Å². The summed E-state index contributed by atoms with van der Waals surface area (Å²) in [5, 5.41) is 8.95. The lowest BCUT2D eigenvalue weighted by molar-refractivity contribution is -0.132. The molecule has 0 aromatic heterocycles. The van der Waals surface area contributed by atoms with Gasteiger partial charge in [0.2, 0.25) is 5.91 Å². The van der Waals surface area contributed by atoms with Crippen LogP contribution < -0.4 is 0 Å². The Bertz CT molecular complexity index is 477. The van der Waals surface area contributed by atoms with Crippen LogP contribution in [-0.4, -0.2) is 35.6 Å². The molecule has 1 aromatic carbocycles. The van der Waals surface area contributed by atoms with Gasteiger partial charge in [-0.2, -0.15) is 0 Å². The molecule has 5 heteroatoms. The van der Waals surface area contributed by atoms with E-state index in [4.69, 9.17) is 5.11 Å². The van der Waals surface area contributed by atoms with E-state index in [0.29, 0.717) is 25.4 Å². The first-order valence-electron chi connectivity index (χ1n) is 6.92. The maximum Gasteiger partial charge on any atom is 0.227 e. The van der Waals surface area contributed by atoms with Crippen molar-refractivity contribution in [2.45, 2.75) is 25.7 Å². The van der Waals surface area contributed by atoms with Gasteiger partial charge in [0.25, 0.3) is 0 Å². The van der Waals surface area contributed by atoms with Crippen molar-refractivity contribution in [3.05, 3.63) is 35.4 Å². The van der Waals surface area contributed by atoms with Crippen molar-refractivity contribution in [3.63, 3.8) is 0 Å². The first-order chi connectivity index (χ1) is 9.60. The predicted molar refractivity (Wildman–Crippen MR) is 71.1 cm³/mol. The van der Waals surface area contributed by atoms with Crippen molar-refractivity contribution in [2.75, 3.05) is 19.7 Å². The van der Waals surface area contributed by atoms with Gasteiger partial charge in [0, 0.05) is 25.8 Å². The number of nitrogens with zero attached hydrogens (tertiary/aromatic N) is 1. The van der Waals surface area contributed by atoms with Crippen LogP contribution in [0.3, 0.4) is 0 Å². The van der Waals surface area contributed by atoms with E-state index in [-0.39, 0.29) is 24.5 Å². The molecule has 1 saturated heterocycles. The monoisotopic (exact) mass is 283 g/mol. The molecule has 0 saturated carbocycles. The molecule has 3 nitrogen and oxygen atoms in total. The number of likely N-dealkylation sites (tertiary alicyclic amines) is 1. The fraction of sp³-hybridized carbons (Fsp3) is 0.533. The first kappa shape index (κ1) is 14.9. The maximum atomic E-state index is 13.5. The number of piperidine rings is 1. The Hall–Kier alpha value is -1.49. The van der Waals surface area contributed by atoms with Gasteiger partial charge in [-0.15, -0.1) is 0 Å². The number of carbonyl (C=O) groups excluding carboxylic acids is 1. The lowest BCUT2D eigenvalue weighted by Crippen LogP contribution is -2.41. The van der Waals surface area contributed by atoms with Crippen molar-refractivity contribution in [3.8, 4) is 0 Å². The van der Waals surface area contributed by atoms with Gasteiger partial charge in [0.1, 0.15) is 11.6 Å². The summed E-state index contributed by atoms with van der Waals surface area (Å²) in [5.74, 6) is -1.14. The van der Waals surface area contributed by atoms with E-state index >= 15 is 0 Å². The normalized spacial score (nSPS) is 19.1. The molecule has 2 rings (SSSR count). The number of amides is 1. The van der Waals surface area contributed by atoms with Crippen LogP contribution in [0.15, 0.2) is 18.2 Å². The lowest BCUT2D eigenvalue weighted by Gasteiger charge is -2.32. The average molecular weight is 283 g/mol. The van der Waals surface area contributed by atoms with Gasteiger partial charge in [-0.1, -0.05) is 6.07 Å². The van der Waals surface area contributed by atoms with E-state index in [9.17, 15) is 13.6 Å². The van der Waals surface area contributed by atoms with Crippen molar-refractivity contribution < 1.29 is 18.7 Å².